The third-order valence-corrected chi connectivity index (χ3v) is 6.75. The predicted octanol–water partition coefficient (Wildman–Crippen LogP) is -4.62. The van der Waals surface area contributed by atoms with E-state index < -0.39 is 0 Å². The summed E-state index contributed by atoms with van der Waals surface area (Å²) in [5, 5.41) is 0. The van der Waals surface area contributed by atoms with Gasteiger partial charge in [-0.3, -0.25) is 0 Å². The van der Waals surface area contributed by atoms with Crippen LogP contribution in [0, 0.1) is 0 Å². The summed E-state index contributed by atoms with van der Waals surface area (Å²) in [7, 11) is 0.208. The normalized spacial score (nSPS) is 30.9. The van der Waals surface area contributed by atoms with E-state index in [0.29, 0.717) is 0 Å². The molecule has 1 fully saturated rings. The van der Waals surface area contributed by atoms with Crippen molar-refractivity contribution < 1.29 is 0 Å². The summed E-state index contributed by atoms with van der Waals surface area (Å²) in [5.41, 5.74) is 0. The fraction of sp³-hybridized carbons (Fsp3) is 0. The molecule has 1 heterocycles. The first-order chi connectivity index (χ1) is 3.00. The van der Waals surface area contributed by atoms with Gasteiger partial charge < -0.3 is 13.9 Å². The molecule has 0 amide bonds. The van der Waals surface area contributed by atoms with Crippen molar-refractivity contribution in [1.29, 1.82) is 0 Å². The number of rotatable bonds is 0. The molecular weight excluding hydrogens is 133 g/mol. The maximum atomic E-state index is 3.38. The van der Waals surface area contributed by atoms with E-state index in [2.05, 4.69) is 13.9 Å². The zero-order valence-electron chi connectivity index (χ0n) is 4.62. The molecule has 0 aromatic rings. The fourth-order valence-electron chi connectivity index (χ4n) is 0.453. The Hall–Kier alpha value is 1.13. The van der Waals surface area contributed by atoms with Crippen molar-refractivity contribution in [3.63, 3.8) is 0 Å². The minimum atomic E-state index is 0. The SMILES string of the molecule is N1[SiH2]N[SiH2]N[SiH2]1.[Li]. The van der Waals surface area contributed by atoms with Gasteiger partial charge in [-0.1, -0.05) is 0 Å². The molecule has 1 radical (unpaired) electrons. The maximum Gasteiger partial charge on any atom is 0.155 e. The molecule has 7 heteroatoms. The van der Waals surface area contributed by atoms with E-state index in [4.69, 9.17) is 0 Å². The number of nitrogens with one attached hydrogen (secondary N) is 3. The van der Waals surface area contributed by atoms with Gasteiger partial charge in [-0.25, -0.2) is 0 Å². The summed E-state index contributed by atoms with van der Waals surface area (Å²) >= 11 is 0. The van der Waals surface area contributed by atoms with Crippen LogP contribution in [0.25, 0.3) is 0 Å². The van der Waals surface area contributed by atoms with E-state index in [1.807, 2.05) is 0 Å². The summed E-state index contributed by atoms with van der Waals surface area (Å²) < 4.78 is 10.1. The van der Waals surface area contributed by atoms with Gasteiger partial charge in [0.05, 0.1) is 0 Å². The molecule has 1 aliphatic rings. The van der Waals surface area contributed by atoms with Crippen LogP contribution in [-0.2, 0) is 0 Å². The average molecular weight is 142 g/mol. The molecule has 0 aromatic heterocycles. The van der Waals surface area contributed by atoms with Crippen LogP contribution in [0.1, 0.15) is 0 Å². The molecule has 0 unspecified atom stereocenters. The molecule has 0 saturated carbocycles. The molecule has 37 valence electrons. The van der Waals surface area contributed by atoms with Crippen molar-refractivity contribution in [2.45, 2.75) is 0 Å². The van der Waals surface area contributed by atoms with Gasteiger partial charge in [-0.2, -0.15) is 0 Å². The summed E-state index contributed by atoms with van der Waals surface area (Å²) in [6, 6.07) is 0. The Bertz CT molecular complexity index is 25.7. The zero-order chi connectivity index (χ0) is 4.24. The van der Waals surface area contributed by atoms with Gasteiger partial charge in [-0.15, -0.1) is 0 Å². The van der Waals surface area contributed by atoms with Crippen LogP contribution < -0.4 is 13.9 Å². The van der Waals surface area contributed by atoms with Crippen LogP contribution in [0.4, 0.5) is 0 Å². The Morgan fingerprint density at radius 1 is 0.714 bits per heavy atom. The molecule has 7 heavy (non-hydrogen) atoms. The van der Waals surface area contributed by atoms with Crippen LogP contribution in [0.2, 0.25) is 0 Å². The molecule has 3 N–H and O–H groups in total. The van der Waals surface area contributed by atoms with Gasteiger partial charge >= 0.3 is 0 Å². The quantitative estimate of drug-likeness (QED) is 0.298. The maximum absolute atomic E-state index is 3.38. The average Bonchev–Trinajstić information content (AvgIpc) is 1.72. The second kappa shape index (κ2) is 5.27. The van der Waals surface area contributed by atoms with Gasteiger partial charge in [-0.05, 0) is 0 Å². The fourth-order valence-corrected chi connectivity index (χ4v) is 8.85. The second-order valence-corrected chi connectivity index (χ2v) is 8.34. The van der Waals surface area contributed by atoms with E-state index in [1.54, 1.807) is 0 Å². The van der Waals surface area contributed by atoms with Crippen LogP contribution in [0.3, 0.4) is 0 Å². The first-order valence-electron chi connectivity index (χ1n) is 2.12. The van der Waals surface area contributed by atoms with Gasteiger partial charge in [0.1, 0.15) is 0 Å². The van der Waals surface area contributed by atoms with E-state index in [1.165, 1.54) is 0 Å². The summed E-state index contributed by atoms with van der Waals surface area (Å²) in [5.74, 6) is 0. The minimum Gasteiger partial charge on any atom is -0.346 e. The van der Waals surface area contributed by atoms with Gasteiger partial charge in [0.2, 0.25) is 0 Å². The van der Waals surface area contributed by atoms with Crippen LogP contribution in [0.5, 0.6) is 0 Å². The predicted molar refractivity (Wildman–Crippen MR) is 40.8 cm³/mol. The van der Waals surface area contributed by atoms with Crippen LogP contribution in [0.15, 0.2) is 0 Å². The van der Waals surface area contributed by atoms with Crippen LogP contribution >= 0.6 is 0 Å². The van der Waals surface area contributed by atoms with Gasteiger partial charge in [0.25, 0.3) is 0 Å². The molecule has 3 nitrogen and oxygen atoms in total. The topological polar surface area (TPSA) is 36.1 Å². The smallest absolute Gasteiger partial charge is 0.155 e. The Morgan fingerprint density at radius 3 is 1.14 bits per heavy atom. The summed E-state index contributed by atoms with van der Waals surface area (Å²) in [4.78, 5) is 0. The molecule has 0 aliphatic carbocycles. The van der Waals surface area contributed by atoms with Crippen molar-refractivity contribution in [3.8, 4) is 0 Å². The molecule has 1 saturated heterocycles. The first-order valence-corrected chi connectivity index (χ1v) is 6.36. The molecule has 0 atom stereocenters. The van der Waals surface area contributed by atoms with E-state index in [-0.39, 0.29) is 48.4 Å². The third kappa shape index (κ3) is 3.69. The van der Waals surface area contributed by atoms with E-state index in [9.17, 15) is 0 Å². The molecule has 1 aliphatic heterocycles. The molecule has 0 aromatic carbocycles. The molecule has 0 bridgehead atoms. The summed E-state index contributed by atoms with van der Waals surface area (Å²) in [6.45, 7) is 0. The molecule has 1 rings (SSSR count). The minimum absolute atomic E-state index is 0. The monoisotopic (exact) mass is 142 g/mol. The van der Waals surface area contributed by atoms with E-state index >= 15 is 0 Å². The summed E-state index contributed by atoms with van der Waals surface area (Å²) in [6.07, 6.45) is 0. The Morgan fingerprint density at radius 2 is 1.00 bits per heavy atom. The first kappa shape index (κ1) is 8.13. The van der Waals surface area contributed by atoms with Crippen molar-refractivity contribution in [2.75, 3.05) is 0 Å². The van der Waals surface area contributed by atoms with Gasteiger partial charge in [0, 0.05) is 18.9 Å². The third-order valence-electron chi connectivity index (χ3n) is 0.750. The van der Waals surface area contributed by atoms with Gasteiger partial charge in [0.15, 0.2) is 29.5 Å². The van der Waals surface area contributed by atoms with Crippen molar-refractivity contribution in [1.82, 2.24) is 13.9 Å². The van der Waals surface area contributed by atoms with Crippen molar-refractivity contribution >= 4 is 48.4 Å². The Kier molecular flexibility index (Phi) is 6.12. The van der Waals surface area contributed by atoms with Crippen molar-refractivity contribution in [2.24, 2.45) is 0 Å². The number of hydrogen-bond acceptors (Lipinski definition) is 3. The molecular formula is H9LiN3Si3. The Labute approximate surface area is 62.5 Å². The Balaban J connectivity index is 0.000000360. The second-order valence-electron chi connectivity index (χ2n) is 1.28. The standard InChI is InChI=1S/Li.H9N3Si3/c;1-4-2-6-3-5-1/h;1-3H,4-6H2. The molecule has 0 spiro atoms. The number of hydrogen-bond donors (Lipinski definition) is 3. The van der Waals surface area contributed by atoms with E-state index in [0.717, 1.165) is 0 Å². The largest absolute Gasteiger partial charge is 0.346 e. The zero-order valence-corrected chi connectivity index (χ0v) is 8.86. The van der Waals surface area contributed by atoms with Crippen molar-refractivity contribution in [3.05, 3.63) is 0 Å². The van der Waals surface area contributed by atoms with Crippen LogP contribution in [-0.4, -0.2) is 48.4 Å².